The fourth-order valence-electron chi connectivity index (χ4n) is 4.06. The van der Waals surface area contributed by atoms with Gasteiger partial charge in [0, 0.05) is 23.4 Å². The molecule has 0 aliphatic heterocycles. The Labute approximate surface area is 225 Å². The largest absolute Gasteiger partial charge is 0.484 e. The van der Waals surface area contributed by atoms with Gasteiger partial charge in [-0.25, -0.2) is 14.8 Å². The first-order valence-corrected chi connectivity index (χ1v) is 12.2. The molecule has 0 aliphatic rings. The minimum Gasteiger partial charge on any atom is -0.484 e. The highest BCUT2D eigenvalue weighted by Gasteiger charge is 2.18. The van der Waals surface area contributed by atoms with Crippen molar-refractivity contribution in [1.29, 1.82) is 0 Å². The van der Waals surface area contributed by atoms with Crippen LogP contribution < -0.4 is 14.2 Å². The lowest BCUT2D eigenvalue weighted by Crippen LogP contribution is -2.10. The van der Waals surface area contributed by atoms with Gasteiger partial charge in [-0.2, -0.15) is 0 Å². The SMILES string of the molecule is COc1ccc(-c2nc(COc3ccc(OCC(=O)O)c(C)c3)oc2-c2ccc(-c3ccccc3)cc2)cn1. The molecule has 0 radical (unpaired) electrons. The number of carboxylic acids is 1. The molecule has 0 aliphatic carbocycles. The Morgan fingerprint density at radius 2 is 1.59 bits per heavy atom. The van der Waals surface area contributed by atoms with E-state index in [9.17, 15) is 4.79 Å². The van der Waals surface area contributed by atoms with Crippen LogP contribution in [0.1, 0.15) is 11.5 Å². The molecule has 2 aromatic heterocycles. The van der Waals surface area contributed by atoms with E-state index < -0.39 is 12.6 Å². The van der Waals surface area contributed by atoms with Gasteiger partial charge in [0.15, 0.2) is 19.0 Å². The molecule has 0 bridgehead atoms. The van der Waals surface area contributed by atoms with E-state index in [4.69, 9.17) is 28.7 Å². The Morgan fingerprint density at radius 3 is 2.26 bits per heavy atom. The van der Waals surface area contributed by atoms with E-state index in [-0.39, 0.29) is 6.61 Å². The normalized spacial score (nSPS) is 10.7. The second-order valence-electron chi connectivity index (χ2n) is 8.72. The molecule has 0 spiro atoms. The second kappa shape index (κ2) is 11.5. The fourth-order valence-corrected chi connectivity index (χ4v) is 4.06. The number of hydrogen-bond acceptors (Lipinski definition) is 7. The van der Waals surface area contributed by atoms with E-state index in [1.54, 1.807) is 37.6 Å². The topological polar surface area (TPSA) is 104 Å². The minimum atomic E-state index is -1.04. The van der Waals surface area contributed by atoms with Crippen molar-refractivity contribution in [2.45, 2.75) is 13.5 Å². The Bertz CT molecular complexity index is 1560. The summed E-state index contributed by atoms with van der Waals surface area (Å²) in [6.45, 7) is 1.50. The van der Waals surface area contributed by atoms with Crippen molar-refractivity contribution < 1.29 is 28.5 Å². The minimum absolute atomic E-state index is 0.0907. The van der Waals surface area contributed by atoms with Gasteiger partial charge < -0.3 is 23.7 Å². The van der Waals surface area contributed by atoms with Crippen LogP contribution in [0.15, 0.2) is 95.5 Å². The summed E-state index contributed by atoms with van der Waals surface area (Å²) < 4.78 is 22.6. The van der Waals surface area contributed by atoms with Crippen LogP contribution in [0.25, 0.3) is 33.7 Å². The highest BCUT2D eigenvalue weighted by Crippen LogP contribution is 2.34. The van der Waals surface area contributed by atoms with Gasteiger partial charge in [0.1, 0.15) is 17.2 Å². The highest BCUT2D eigenvalue weighted by atomic mass is 16.5. The van der Waals surface area contributed by atoms with Gasteiger partial charge in [-0.1, -0.05) is 54.6 Å². The van der Waals surface area contributed by atoms with Crippen LogP contribution in [0.2, 0.25) is 0 Å². The first kappa shape index (κ1) is 25.5. The molecule has 0 saturated heterocycles. The lowest BCUT2D eigenvalue weighted by molar-refractivity contribution is -0.139. The standard InChI is InChI=1S/C31H26N2O6/c1-20-16-25(13-14-26(20)38-19-29(34)35)37-18-28-33-30(24-12-15-27(36-2)32-17-24)31(39-28)23-10-8-22(9-11-23)21-6-4-3-5-7-21/h3-17H,18-19H2,1-2H3,(H,34,35). The molecule has 39 heavy (non-hydrogen) atoms. The fraction of sp³-hybridized carbons (Fsp3) is 0.129. The number of methoxy groups -OCH3 is 1. The van der Waals surface area contributed by atoms with E-state index >= 15 is 0 Å². The zero-order valence-electron chi connectivity index (χ0n) is 21.5. The van der Waals surface area contributed by atoms with Crippen LogP contribution >= 0.6 is 0 Å². The summed E-state index contributed by atoms with van der Waals surface area (Å²) in [4.78, 5) is 19.8. The van der Waals surface area contributed by atoms with Gasteiger partial charge in [-0.15, -0.1) is 0 Å². The predicted octanol–water partition coefficient (Wildman–Crippen LogP) is 6.43. The lowest BCUT2D eigenvalue weighted by Gasteiger charge is -2.09. The van der Waals surface area contributed by atoms with E-state index in [0.717, 1.165) is 27.8 Å². The number of nitrogens with zero attached hydrogens (tertiary/aromatic N) is 2. The number of carbonyl (C=O) groups is 1. The smallest absolute Gasteiger partial charge is 0.341 e. The zero-order chi connectivity index (χ0) is 27.2. The second-order valence-corrected chi connectivity index (χ2v) is 8.72. The van der Waals surface area contributed by atoms with Crippen LogP contribution in [0, 0.1) is 6.92 Å². The molecule has 0 fully saturated rings. The maximum atomic E-state index is 10.8. The number of ether oxygens (including phenoxy) is 3. The molecule has 2 heterocycles. The molecule has 0 atom stereocenters. The van der Waals surface area contributed by atoms with Crippen LogP contribution in [0.5, 0.6) is 17.4 Å². The third kappa shape index (κ3) is 6.07. The maximum Gasteiger partial charge on any atom is 0.341 e. The molecule has 196 valence electrons. The molecule has 3 aromatic carbocycles. The zero-order valence-corrected chi connectivity index (χ0v) is 21.5. The quantitative estimate of drug-likeness (QED) is 0.224. The summed E-state index contributed by atoms with van der Waals surface area (Å²) in [7, 11) is 1.57. The van der Waals surface area contributed by atoms with Crippen molar-refractivity contribution >= 4 is 5.97 Å². The third-order valence-corrected chi connectivity index (χ3v) is 6.00. The number of carboxylic acid groups (broad SMARTS) is 1. The summed E-state index contributed by atoms with van der Waals surface area (Å²) in [5.41, 5.74) is 5.28. The van der Waals surface area contributed by atoms with Crippen LogP contribution in [0.3, 0.4) is 0 Å². The number of aliphatic carboxylic acids is 1. The van der Waals surface area contributed by atoms with Gasteiger partial charge in [0.2, 0.25) is 11.8 Å². The van der Waals surface area contributed by atoms with Gasteiger partial charge in [0.05, 0.1) is 7.11 Å². The third-order valence-electron chi connectivity index (χ3n) is 6.00. The molecule has 5 rings (SSSR count). The number of aryl methyl sites for hydroxylation is 1. The predicted molar refractivity (Wildman–Crippen MR) is 146 cm³/mol. The monoisotopic (exact) mass is 522 g/mol. The number of oxazole rings is 1. The summed E-state index contributed by atoms with van der Waals surface area (Å²) in [6, 6.07) is 27.1. The number of aromatic nitrogens is 2. The van der Waals surface area contributed by atoms with Crippen molar-refractivity contribution in [3.63, 3.8) is 0 Å². The molecule has 5 aromatic rings. The molecule has 1 N–H and O–H groups in total. The summed E-state index contributed by atoms with van der Waals surface area (Å²) in [5, 5.41) is 8.83. The van der Waals surface area contributed by atoms with Gasteiger partial charge >= 0.3 is 5.97 Å². The molecule has 0 saturated carbocycles. The molecule has 8 heteroatoms. The Hall–Kier alpha value is -5.11. The first-order valence-electron chi connectivity index (χ1n) is 12.2. The summed E-state index contributed by atoms with van der Waals surface area (Å²) in [6.07, 6.45) is 1.70. The van der Waals surface area contributed by atoms with E-state index in [1.807, 2.05) is 43.3 Å². The molecular weight excluding hydrogens is 496 g/mol. The lowest BCUT2D eigenvalue weighted by atomic mass is 10.0. The van der Waals surface area contributed by atoms with Gasteiger partial charge in [0.25, 0.3) is 0 Å². The molecular formula is C31H26N2O6. The van der Waals surface area contributed by atoms with Crippen LogP contribution in [0.4, 0.5) is 0 Å². The average molecular weight is 523 g/mol. The van der Waals surface area contributed by atoms with Crippen molar-refractivity contribution in [2.24, 2.45) is 0 Å². The number of pyridine rings is 1. The van der Waals surface area contributed by atoms with E-state index in [1.165, 1.54) is 0 Å². The number of hydrogen-bond donors (Lipinski definition) is 1. The van der Waals surface area contributed by atoms with Crippen molar-refractivity contribution in [3.05, 3.63) is 103 Å². The van der Waals surface area contributed by atoms with Crippen molar-refractivity contribution in [2.75, 3.05) is 13.7 Å². The number of rotatable bonds is 10. The Morgan fingerprint density at radius 1 is 0.872 bits per heavy atom. The Balaban J connectivity index is 1.41. The Kier molecular flexibility index (Phi) is 7.54. The van der Waals surface area contributed by atoms with E-state index in [0.29, 0.717) is 34.7 Å². The van der Waals surface area contributed by atoms with Crippen molar-refractivity contribution in [1.82, 2.24) is 9.97 Å². The first-order chi connectivity index (χ1) is 19.0. The molecule has 0 amide bonds. The summed E-state index contributed by atoms with van der Waals surface area (Å²) >= 11 is 0. The molecule has 0 unspecified atom stereocenters. The summed E-state index contributed by atoms with van der Waals surface area (Å²) in [5.74, 6) is 1.53. The van der Waals surface area contributed by atoms with Crippen LogP contribution in [-0.2, 0) is 11.4 Å². The van der Waals surface area contributed by atoms with Gasteiger partial charge in [-0.05, 0) is 47.9 Å². The highest BCUT2D eigenvalue weighted by molar-refractivity contribution is 5.78. The van der Waals surface area contributed by atoms with E-state index in [2.05, 4.69) is 29.2 Å². The maximum absolute atomic E-state index is 10.8. The van der Waals surface area contributed by atoms with Crippen molar-refractivity contribution in [3.8, 4) is 51.1 Å². The number of benzene rings is 3. The molecule has 8 nitrogen and oxygen atoms in total. The average Bonchev–Trinajstić information content (AvgIpc) is 3.40. The van der Waals surface area contributed by atoms with Gasteiger partial charge in [-0.3, -0.25) is 0 Å². The van der Waals surface area contributed by atoms with Crippen LogP contribution in [-0.4, -0.2) is 34.8 Å².